The second-order valence-electron chi connectivity index (χ2n) is 2.03. The summed E-state index contributed by atoms with van der Waals surface area (Å²) >= 11 is 0. The minimum absolute atomic E-state index is 0.325. The van der Waals surface area contributed by atoms with E-state index in [1.807, 2.05) is 6.92 Å². The summed E-state index contributed by atoms with van der Waals surface area (Å²) in [4.78, 5) is 26.8. The van der Waals surface area contributed by atoms with E-state index in [4.69, 9.17) is 35.1 Å². The van der Waals surface area contributed by atoms with E-state index in [1.165, 1.54) is 0 Å². The maximum atomic E-state index is 9.65. The van der Waals surface area contributed by atoms with Crippen LogP contribution in [-0.2, 0) is 4.74 Å². The molecule has 9 nitrogen and oxygen atoms in total. The Morgan fingerprint density at radius 1 is 0.938 bits per heavy atom. The third kappa shape index (κ3) is 175. The van der Waals surface area contributed by atoms with Gasteiger partial charge in [-0.3, -0.25) is 0 Å². The molecule has 0 aromatic carbocycles. The van der Waals surface area contributed by atoms with Crippen molar-refractivity contribution in [2.75, 3.05) is 6.61 Å². The highest BCUT2D eigenvalue weighted by Gasteiger charge is 1.91. The molecule has 0 aliphatic rings. The predicted octanol–water partition coefficient (Wildman–Crippen LogP) is 1.93. The van der Waals surface area contributed by atoms with Crippen molar-refractivity contribution in [3.63, 3.8) is 0 Å². The lowest BCUT2D eigenvalue weighted by Gasteiger charge is -1.94. The van der Waals surface area contributed by atoms with Crippen molar-refractivity contribution in [2.45, 2.75) is 19.8 Å². The molecule has 9 heteroatoms. The Morgan fingerprint density at radius 2 is 1.25 bits per heavy atom. The highest BCUT2D eigenvalue weighted by atomic mass is 16.7. The summed E-state index contributed by atoms with van der Waals surface area (Å²) in [7, 11) is 0. The van der Waals surface area contributed by atoms with E-state index >= 15 is 0 Å². The third-order valence-corrected chi connectivity index (χ3v) is 0.723. The second-order valence-corrected chi connectivity index (χ2v) is 2.03. The van der Waals surface area contributed by atoms with E-state index in [9.17, 15) is 4.79 Å². The zero-order valence-electron chi connectivity index (χ0n) is 8.49. The quantitative estimate of drug-likeness (QED) is 0.367. The van der Waals surface area contributed by atoms with Gasteiger partial charge < -0.3 is 30.3 Å². The van der Waals surface area contributed by atoms with Crippen LogP contribution in [0.1, 0.15) is 19.8 Å². The topological polar surface area (TPSA) is 162 Å². The maximum absolute atomic E-state index is 9.65. The van der Waals surface area contributed by atoms with Crippen molar-refractivity contribution >= 4 is 18.5 Å². The highest BCUT2D eigenvalue weighted by Crippen LogP contribution is 1.86. The Morgan fingerprint density at radius 3 is 1.44 bits per heavy atom. The zero-order chi connectivity index (χ0) is 13.6. The molecule has 0 atom stereocenters. The van der Waals surface area contributed by atoms with Crippen LogP contribution in [0.2, 0.25) is 0 Å². The molecule has 0 spiro atoms. The van der Waals surface area contributed by atoms with Crippen molar-refractivity contribution in [3.8, 4) is 0 Å². The molecular formula is C7H14O9. The molecule has 0 aromatic heterocycles. The molecule has 0 radical (unpaired) electrons. The lowest BCUT2D eigenvalue weighted by Crippen LogP contribution is -2.00. The molecule has 0 rings (SSSR count). The summed E-state index contributed by atoms with van der Waals surface area (Å²) in [5.74, 6) is 0. The zero-order valence-corrected chi connectivity index (χ0v) is 8.49. The van der Waals surface area contributed by atoms with Gasteiger partial charge >= 0.3 is 18.5 Å². The molecule has 5 N–H and O–H groups in total. The standard InChI is InChI=1S/C5H10O3.2CH2O3/c1-2-3-4-8-5(6)7;2*2-1(3)4/h2-4H2,1H3,(H,6,7);2*(H2,2,3,4). The van der Waals surface area contributed by atoms with Gasteiger partial charge in [-0.25, -0.2) is 14.4 Å². The van der Waals surface area contributed by atoms with Crippen molar-refractivity contribution < 1.29 is 44.7 Å². The first kappa shape index (κ1) is 19.4. The molecule has 0 aromatic rings. The molecule has 0 aliphatic heterocycles. The summed E-state index contributed by atoms with van der Waals surface area (Å²) in [6.07, 6.45) is -3.07. The van der Waals surface area contributed by atoms with Crippen LogP contribution in [0.25, 0.3) is 0 Å². The van der Waals surface area contributed by atoms with Gasteiger partial charge in [0.15, 0.2) is 0 Å². The molecule has 0 amide bonds. The van der Waals surface area contributed by atoms with Gasteiger partial charge in [-0.15, -0.1) is 0 Å². The summed E-state index contributed by atoms with van der Waals surface area (Å²) in [6.45, 7) is 2.30. The highest BCUT2D eigenvalue weighted by molar-refractivity contribution is 5.56. The molecule has 0 fully saturated rings. The Hall–Kier alpha value is -2.19. The van der Waals surface area contributed by atoms with E-state index in [0.717, 1.165) is 12.8 Å². The van der Waals surface area contributed by atoms with Gasteiger partial charge in [0.1, 0.15) is 0 Å². The van der Waals surface area contributed by atoms with Gasteiger partial charge in [-0.1, -0.05) is 13.3 Å². The first-order chi connectivity index (χ1) is 7.23. The van der Waals surface area contributed by atoms with E-state index < -0.39 is 18.5 Å². The molecule has 0 heterocycles. The van der Waals surface area contributed by atoms with Crippen molar-refractivity contribution in [1.29, 1.82) is 0 Å². The number of rotatable bonds is 3. The summed E-state index contributed by atoms with van der Waals surface area (Å²) in [6, 6.07) is 0. The molecule has 0 unspecified atom stereocenters. The number of hydrogen-bond donors (Lipinski definition) is 5. The van der Waals surface area contributed by atoms with Crippen LogP contribution in [0.15, 0.2) is 0 Å². The normalized spacial score (nSPS) is 7.31. The number of hydrogen-bond acceptors (Lipinski definition) is 4. The molecule has 0 saturated heterocycles. The minimum atomic E-state index is -1.83. The number of carboxylic acid groups (broad SMARTS) is 5. The second kappa shape index (κ2) is 15.3. The van der Waals surface area contributed by atoms with Crippen LogP contribution in [0.3, 0.4) is 0 Å². The van der Waals surface area contributed by atoms with E-state index in [0.29, 0.717) is 6.61 Å². The fraction of sp³-hybridized carbons (Fsp3) is 0.571. The van der Waals surface area contributed by atoms with Gasteiger partial charge in [-0.2, -0.15) is 0 Å². The average molecular weight is 242 g/mol. The minimum Gasteiger partial charge on any atom is -0.450 e. The van der Waals surface area contributed by atoms with Gasteiger partial charge in [0.05, 0.1) is 6.61 Å². The third-order valence-electron chi connectivity index (χ3n) is 0.723. The smallest absolute Gasteiger partial charge is 0.450 e. The van der Waals surface area contributed by atoms with Crippen LogP contribution >= 0.6 is 0 Å². The summed E-state index contributed by atoms with van der Waals surface area (Å²) in [5, 5.41) is 35.8. The lowest BCUT2D eigenvalue weighted by atomic mass is 10.4. The molecule has 0 bridgehead atoms. The Kier molecular flexibility index (Phi) is 18.5. The predicted molar refractivity (Wildman–Crippen MR) is 50.2 cm³/mol. The van der Waals surface area contributed by atoms with Gasteiger partial charge in [0.25, 0.3) is 0 Å². The average Bonchev–Trinajstić information content (AvgIpc) is 2.01. The first-order valence-corrected chi connectivity index (χ1v) is 3.93. The molecule has 96 valence electrons. The van der Waals surface area contributed by atoms with E-state index in [-0.39, 0.29) is 0 Å². The van der Waals surface area contributed by atoms with E-state index in [1.54, 1.807) is 0 Å². The fourth-order valence-corrected chi connectivity index (χ4v) is 0.304. The molecular weight excluding hydrogens is 228 g/mol. The Bertz CT molecular complexity index is 180. The Labute approximate surface area is 90.5 Å². The van der Waals surface area contributed by atoms with Crippen molar-refractivity contribution in [3.05, 3.63) is 0 Å². The molecule has 0 saturated carbocycles. The SMILES string of the molecule is CCCCOC(=O)O.O=C(O)O.O=C(O)O. The van der Waals surface area contributed by atoms with Crippen molar-refractivity contribution in [1.82, 2.24) is 0 Å². The molecule has 16 heavy (non-hydrogen) atoms. The summed E-state index contributed by atoms with van der Waals surface area (Å²) in [5.41, 5.74) is 0. The van der Waals surface area contributed by atoms with Crippen LogP contribution in [0, 0.1) is 0 Å². The van der Waals surface area contributed by atoms with Gasteiger partial charge in [-0.05, 0) is 6.42 Å². The number of unbranched alkanes of at least 4 members (excludes halogenated alkanes) is 1. The van der Waals surface area contributed by atoms with Crippen LogP contribution < -0.4 is 0 Å². The maximum Gasteiger partial charge on any atom is 0.505 e. The number of carbonyl (C=O) groups is 3. The number of ether oxygens (including phenoxy) is 1. The van der Waals surface area contributed by atoms with Gasteiger partial charge in [0, 0.05) is 0 Å². The summed E-state index contributed by atoms with van der Waals surface area (Å²) < 4.78 is 4.20. The lowest BCUT2D eigenvalue weighted by molar-refractivity contribution is 0.0904. The van der Waals surface area contributed by atoms with Crippen molar-refractivity contribution in [2.24, 2.45) is 0 Å². The van der Waals surface area contributed by atoms with Gasteiger partial charge in [0.2, 0.25) is 0 Å². The first-order valence-electron chi connectivity index (χ1n) is 3.93. The Balaban J connectivity index is -0.000000179. The van der Waals surface area contributed by atoms with E-state index in [2.05, 4.69) is 4.74 Å². The van der Waals surface area contributed by atoms with Crippen LogP contribution in [0.4, 0.5) is 14.4 Å². The van der Waals surface area contributed by atoms with Crippen LogP contribution in [0.5, 0.6) is 0 Å². The fourth-order valence-electron chi connectivity index (χ4n) is 0.304. The van der Waals surface area contributed by atoms with Crippen LogP contribution in [-0.4, -0.2) is 50.6 Å². The molecule has 0 aliphatic carbocycles. The monoisotopic (exact) mass is 242 g/mol. The largest absolute Gasteiger partial charge is 0.505 e.